The molecule has 2 fully saturated rings. The zero-order chi connectivity index (χ0) is 17.2. The molecule has 134 valence electrons. The van der Waals surface area contributed by atoms with Gasteiger partial charge in [0.25, 0.3) is 0 Å². The van der Waals surface area contributed by atoms with Crippen LogP contribution >= 0.6 is 11.3 Å². The van der Waals surface area contributed by atoms with Crippen molar-refractivity contribution in [2.45, 2.75) is 19.8 Å². The third kappa shape index (κ3) is 3.62. The fourth-order valence-electron chi connectivity index (χ4n) is 3.85. The van der Waals surface area contributed by atoms with E-state index >= 15 is 0 Å². The van der Waals surface area contributed by atoms with Crippen molar-refractivity contribution in [3.05, 3.63) is 17.8 Å². The van der Waals surface area contributed by atoms with Crippen molar-refractivity contribution >= 4 is 33.3 Å². The standard InChI is InChI=1S/C18H25N5OS/c1-14-3-2-5-23(11-14)16(24)12-21-6-8-22(9-7-21)17-15-4-10-25-18(15)20-13-19-17/h4,10,13-14H,2-3,5-9,11-12H2,1H3. The molecule has 4 heterocycles. The molecule has 1 unspecified atom stereocenters. The van der Waals surface area contributed by atoms with Gasteiger partial charge in [-0.2, -0.15) is 0 Å². The molecule has 2 aromatic heterocycles. The molecular formula is C18H25N5OS. The highest BCUT2D eigenvalue weighted by Crippen LogP contribution is 2.27. The maximum absolute atomic E-state index is 12.6. The van der Waals surface area contributed by atoms with Gasteiger partial charge < -0.3 is 9.80 Å². The molecule has 1 amide bonds. The van der Waals surface area contributed by atoms with Gasteiger partial charge in [0.15, 0.2) is 0 Å². The molecule has 2 aromatic rings. The largest absolute Gasteiger partial charge is 0.353 e. The number of nitrogens with zero attached hydrogens (tertiary/aromatic N) is 5. The molecule has 25 heavy (non-hydrogen) atoms. The van der Waals surface area contributed by atoms with Crippen LogP contribution in [0.15, 0.2) is 17.8 Å². The average Bonchev–Trinajstić information content (AvgIpc) is 3.11. The van der Waals surface area contributed by atoms with E-state index in [1.165, 1.54) is 6.42 Å². The normalized spacial score (nSPS) is 22.5. The molecule has 0 aliphatic carbocycles. The molecule has 0 radical (unpaired) electrons. The molecule has 0 spiro atoms. The lowest BCUT2D eigenvalue weighted by Crippen LogP contribution is -2.51. The smallest absolute Gasteiger partial charge is 0.236 e. The quantitative estimate of drug-likeness (QED) is 0.840. The molecule has 7 heteroatoms. The van der Waals surface area contributed by atoms with E-state index in [0.29, 0.717) is 18.4 Å². The van der Waals surface area contributed by atoms with E-state index in [0.717, 1.165) is 61.7 Å². The molecule has 1 atom stereocenters. The highest BCUT2D eigenvalue weighted by atomic mass is 32.1. The summed E-state index contributed by atoms with van der Waals surface area (Å²) in [5.74, 6) is 1.96. The Kier molecular flexibility index (Phi) is 4.85. The number of carbonyl (C=O) groups is 1. The van der Waals surface area contributed by atoms with Crippen molar-refractivity contribution in [3.8, 4) is 0 Å². The van der Waals surface area contributed by atoms with Crippen molar-refractivity contribution in [2.75, 3.05) is 50.7 Å². The molecule has 0 saturated carbocycles. The van der Waals surface area contributed by atoms with E-state index in [-0.39, 0.29) is 0 Å². The van der Waals surface area contributed by atoms with Gasteiger partial charge in [-0.1, -0.05) is 6.92 Å². The first-order valence-corrected chi connectivity index (χ1v) is 10.0. The van der Waals surface area contributed by atoms with Crippen molar-refractivity contribution in [1.29, 1.82) is 0 Å². The summed E-state index contributed by atoms with van der Waals surface area (Å²) in [5.41, 5.74) is 0. The van der Waals surface area contributed by atoms with Crippen molar-refractivity contribution in [1.82, 2.24) is 19.8 Å². The van der Waals surface area contributed by atoms with E-state index in [4.69, 9.17) is 0 Å². The summed E-state index contributed by atoms with van der Waals surface area (Å²) in [4.78, 5) is 29.1. The van der Waals surface area contributed by atoms with Gasteiger partial charge in [-0.15, -0.1) is 11.3 Å². The Morgan fingerprint density at radius 2 is 2.08 bits per heavy atom. The lowest BCUT2D eigenvalue weighted by Gasteiger charge is -2.37. The number of aromatic nitrogens is 2. The zero-order valence-electron chi connectivity index (χ0n) is 14.7. The van der Waals surface area contributed by atoms with Crippen molar-refractivity contribution < 1.29 is 4.79 Å². The summed E-state index contributed by atoms with van der Waals surface area (Å²) in [5, 5.41) is 3.21. The molecule has 0 aromatic carbocycles. The summed E-state index contributed by atoms with van der Waals surface area (Å²) in [6.07, 6.45) is 4.05. The van der Waals surface area contributed by atoms with E-state index in [1.54, 1.807) is 17.7 Å². The third-order valence-corrected chi connectivity index (χ3v) is 6.10. The van der Waals surface area contributed by atoms with Gasteiger partial charge in [-0.05, 0) is 30.2 Å². The van der Waals surface area contributed by atoms with Gasteiger partial charge in [0.1, 0.15) is 17.0 Å². The lowest BCUT2D eigenvalue weighted by atomic mass is 10.0. The number of anilines is 1. The van der Waals surface area contributed by atoms with E-state index in [1.807, 2.05) is 0 Å². The SMILES string of the molecule is CC1CCCN(C(=O)CN2CCN(c3ncnc4sccc34)CC2)C1. The van der Waals surface area contributed by atoms with Crippen LogP contribution in [0.25, 0.3) is 10.2 Å². The number of thiophene rings is 1. The first-order chi connectivity index (χ1) is 12.2. The molecule has 2 aliphatic rings. The number of hydrogen-bond acceptors (Lipinski definition) is 6. The fraction of sp³-hybridized carbons (Fsp3) is 0.611. The molecule has 0 N–H and O–H groups in total. The summed E-state index contributed by atoms with van der Waals surface area (Å²) in [6, 6.07) is 2.10. The number of carbonyl (C=O) groups excluding carboxylic acids is 1. The third-order valence-electron chi connectivity index (χ3n) is 5.28. The van der Waals surface area contributed by atoms with Crippen LogP contribution in [-0.4, -0.2) is 71.5 Å². The van der Waals surface area contributed by atoms with Crippen LogP contribution < -0.4 is 4.90 Å². The number of piperazine rings is 1. The van der Waals surface area contributed by atoms with Gasteiger partial charge >= 0.3 is 0 Å². The average molecular weight is 359 g/mol. The number of hydrogen-bond donors (Lipinski definition) is 0. The number of fused-ring (bicyclic) bond motifs is 1. The number of likely N-dealkylation sites (tertiary alicyclic amines) is 1. The van der Waals surface area contributed by atoms with Crippen LogP contribution in [0, 0.1) is 5.92 Å². The second-order valence-corrected chi connectivity index (χ2v) is 8.08. The fourth-order valence-corrected chi connectivity index (χ4v) is 4.58. The molecular weight excluding hydrogens is 334 g/mol. The molecule has 6 nitrogen and oxygen atoms in total. The van der Waals surface area contributed by atoms with Gasteiger partial charge in [0.05, 0.1) is 11.9 Å². The van der Waals surface area contributed by atoms with Crippen LogP contribution in [0.4, 0.5) is 5.82 Å². The minimum Gasteiger partial charge on any atom is -0.353 e. The summed E-state index contributed by atoms with van der Waals surface area (Å²) in [6.45, 7) is 8.28. The second-order valence-electron chi connectivity index (χ2n) is 7.19. The van der Waals surface area contributed by atoms with Crippen molar-refractivity contribution in [3.63, 3.8) is 0 Å². The Hall–Kier alpha value is -1.73. The number of rotatable bonds is 3. The molecule has 0 bridgehead atoms. The molecule has 4 rings (SSSR count). The van der Waals surface area contributed by atoms with Crippen LogP contribution in [-0.2, 0) is 4.79 Å². The van der Waals surface area contributed by atoms with Gasteiger partial charge in [0, 0.05) is 39.3 Å². The minimum atomic E-state index is 0.294. The lowest BCUT2D eigenvalue weighted by molar-refractivity contribution is -0.134. The van der Waals surface area contributed by atoms with Crippen LogP contribution in [0.2, 0.25) is 0 Å². The Morgan fingerprint density at radius 1 is 1.24 bits per heavy atom. The molecule has 2 aliphatic heterocycles. The predicted octanol–water partition coefficient (Wildman–Crippen LogP) is 2.07. The van der Waals surface area contributed by atoms with Gasteiger partial charge in [-0.25, -0.2) is 9.97 Å². The summed E-state index contributed by atoms with van der Waals surface area (Å²) in [7, 11) is 0. The first-order valence-electron chi connectivity index (χ1n) is 9.14. The Labute approximate surface area is 152 Å². The summed E-state index contributed by atoms with van der Waals surface area (Å²) >= 11 is 1.65. The Morgan fingerprint density at radius 3 is 2.88 bits per heavy atom. The highest BCUT2D eigenvalue weighted by molar-refractivity contribution is 7.16. The molecule has 2 saturated heterocycles. The highest BCUT2D eigenvalue weighted by Gasteiger charge is 2.25. The Bertz CT molecular complexity index is 740. The minimum absolute atomic E-state index is 0.294. The number of piperidine rings is 1. The van der Waals surface area contributed by atoms with Gasteiger partial charge in [-0.3, -0.25) is 9.69 Å². The van der Waals surface area contributed by atoms with Crippen LogP contribution in [0.3, 0.4) is 0 Å². The monoisotopic (exact) mass is 359 g/mol. The topological polar surface area (TPSA) is 52.6 Å². The van der Waals surface area contributed by atoms with E-state index in [9.17, 15) is 4.79 Å². The first kappa shape index (κ1) is 16.7. The van der Waals surface area contributed by atoms with Crippen LogP contribution in [0.1, 0.15) is 19.8 Å². The second kappa shape index (κ2) is 7.25. The predicted molar refractivity (Wildman–Crippen MR) is 101 cm³/mol. The van der Waals surface area contributed by atoms with E-state index < -0.39 is 0 Å². The maximum atomic E-state index is 12.6. The van der Waals surface area contributed by atoms with E-state index in [2.05, 4.69) is 43.0 Å². The number of amides is 1. The van der Waals surface area contributed by atoms with Crippen molar-refractivity contribution in [2.24, 2.45) is 5.92 Å². The Balaban J connectivity index is 1.34. The van der Waals surface area contributed by atoms with Gasteiger partial charge in [0.2, 0.25) is 5.91 Å². The zero-order valence-corrected chi connectivity index (χ0v) is 15.5. The van der Waals surface area contributed by atoms with Crippen LogP contribution in [0.5, 0.6) is 0 Å². The summed E-state index contributed by atoms with van der Waals surface area (Å²) < 4.78 is 0. The maximum Gasteiger partial charge on any atom is 0.236 e.